The summed E-state index contributed by atoms with van der Waals surface area (Å²) in [7, 11) is 0. The van der Waals surface area contributed by atoms with Crippen molar-refractivity contribution in [1.29, 1.82) is 0 Å². The first kappa shape index (κ1) is 22.9. The van der Waals surface area contributed by atoms with Crippen molar-refractivity contribution in [1.82, 2.24) is 25.1 Å². The Morgan fingerprint density at radius 3 is 2.70 bits per heavy atom. The van der Waals surface area contributed by atoms with Crippen LogP contribution in [0.5, 0.6) is 0 Å². The van der Waals surface area contributed by atoms with E-state index >= 15 is 0 Å². The summed E-state index contributed by atoms with van der Waals surface area (Å²) in [6.07, 6.45) is 6.59. The number of nitrogens with zero attached hydrogens (tertiary/aromatic N) is 4. The predicted molar refractivity (Wildman–Crippen MR) is 123 cm³/mol. The van der Waals surface area contributed by atoms with E-state index in [1.807, 2.05) is 30.3 Å². The molecule has 2 fully saturated rings. The van der Waals surface area contributed by atoms with Crippen LogP contribution in [0.1, 0.15) is 72.0 Å². The van der Waals surface area contributed by atoms with Gasteiger partial charge in [-0.2, -0.15) is 0 Å². The van der Waals surface area contributed by atoms with Gasteiger partial charge in [-0.05, 0) is 38.2 Å². The minimum Gasteiger partial charge on any atom is -0.348 e. The van der Waals surface area contributed by atoms with Crippen LogP contribution in [0.4, 0.5) is 0 Å². The smallest absolute Gasteiger partial charge is 0.254 e. The molecular weight excluding hydrogens is 418 g/mol. The van der Waals surface area contributed by atoms with Crippen LogP contribution in [-0.4, -0.2) is 57.1 Å². The second kappa shape index (κ2) is 10.6. The third-order valence-corrected chi connectivity index (χ3v) is 6.41. The molecule has 1 aromatic heterocycles. The molecule has 2 aliphatic rings. The molecule has 0 saturated carbocycles. The average molecular weight is 450 g/mol. The normalized spacial score (nSPS) is 18.8. The summed E-state index contributed by atoms with van der Waals surface area (Å²) >= 11 is 0. The highest BCUT2D eigenvalue weighted by Gasteiger charge is 2.33. The Morgan fingerprint density at radius 1 is 1.09 bits per heavy atom. The van der Waals surface area contributed by atoms with E-state index in [9.17, 15) is 14.4 Å². The molecule has 0 radical (unpaired) electrons. The van der Waals surface area contributed by atoms with Crippen LogP contribution in [0.15, 0.2) is 36.5 Å². The van der Waals surface area contributed by atoms with Crippen molar-refractivity contribution in [3.05, 3.63) is 59.2 Å². The minimum absolute atomic E-state index is 0.0568. The number of carbonyl (C=O) groups excluding carboxylic acids is 3. The fourth-order valence-corrected chi connectivity index (χ4v) is 4.54. The van der Waals surface area contributed by atoms with E-state index in [0.717, 1.165) is 37.7 Å². The zero-order valence-electron chi connectivity index (χ0n) is 19.1. The lowest BCUT2D eigenvalue weighted by molar-refractivity contribution is -0.140. The van der Waals surface area contributed by atoms with Crippen molar-refractivity contribution in [3.63, 3.8) is 0 Å². The van der Waals surface area contributed by atoms with Crippen LogP contribution in [0, 0.1) is 6.92 Å². The quantitative estimate of drug-likeness (QED) is 0.732. The van der Waals surface area contributed by atoms with E-state index < -0.39 is 0 Å². The number of hydrogen-bond acceptors (Lipinski definition) is 5. The van der Waals surface area contributed by atoms with Crippen LogP contribution in [0.25, 0.3) is 0 Å². The highest BCUT2D eigenvalue weighted by atomic mass is 16.2. The second-order valence-corrected chi connectivity index (χ2v) is 8.77. The molecule has 174 valence electrons. The van der Waals surface area contributed by atoms with Crippen molar-refractivity contribution in [2.45, 2.75) is 58.0 Å². The summed E-state index contributed by atoms with van der Waals surface area (Å²) in [5, 5.41) is 2.91. The third kappa shape index (κ3) is 5.56. The molecule has 2 aliphatic heterocycles. The van der Waals surface area contributed by atoms with Crippen molar-refractivity contribution >= 4 is 17.7 Å². The first-order valence-electron chi connectivity index (χ1n) is 11.8. The van der Waals surface area contributed by atoms with Gasteiger partial charge in [0.15, 0.2) is 5.82 Å². The number of carbonyl (C=O) groups is 3. The number of benzene rings is 1. The molecule has 1 atom stereocenters. The maximum Gasteiger partial charge on any atom is 0.254 e. The van der Waals surface area contributed by atoms with Crippen LogP contribution >= 0.6 is 0 Å². The monoisotopic (exact) mass is 449 g/mol. The van der Waals surface area contributed by atoms with Gasteiger partial charge in [0.2, 0.25) is 11.8 Å². The van der Waals surface area contributed by atoms with Gasteiger partial charge in [-0.25, -0.2) is 9.97 Å². The first-order valence-corrected chi connectivity index (χ1v) is 11.8. The van der Waals surface area contributed by atoms with Gasteiger partial charge in [-0.15, -0.1) is 0 Å². The Kier molecular flexibility index (Phi) is 7.32. The van der Waals surface area contributed by atoms with Gasteiger partial charge in [-0.3, -0.25) is 14.4 Å². The highest BCUT2D eigenvalue weighted by molar-refractivity contribution is 5.94. The molecule has 8 heteroatoms. The van der Waals surface area contributed by atoms with Gasteiger partial charge in [0, 0.05) is 32.3 Å². The van der Waals surface area contributed by atoms with Crippen molar-refractivity contribution in [2.24, 2.45) is 0 Å². The van der Waals surface area contributed by atoms with Gasteiger partial charge in [0.25, 0.3) is 5.91 Å². The molecule has 0 unspecified atom stereocenters. The van der Waals surface area contributed by atoms with Crippen molar-refractivity contribution in [2.75, 3.05) is 19.6 Å². The van der Waals surface area contributed by atoms with Crippen LogP contribution in [-0.2, 0) is 16.1 Å². The number of rotatable bonds is 6. The number of likely N-dealkylation sites (tertiary alicyclic amines) is 2. The summed E-state index contributed by atoms with van der Waals surface area (Å²) in [5.74, 6) is 0.343. The summed E-state index contributed by atoms with van der Waals surface area (Å²) in [5.41, 5.74) is 2.04. The van der Waals surface area contributed by atoms with E-state index in [1.54, 1.807) is 22.9 Å². The predicted octanol–water partition coefficient (Wildman–Crippen LogP) is 2.78. The maximum atomic E-state index is 13.0. The van der Waals surface area contributed by atoms with E-state index in [4.69, 9.17) is 0 Å². The fourth-order valence-electron chi connectivity index (χ4n) is 4.54. The minimum atomic E-state index is -0.222. The van der Waals surface area contributed by atoms with E-state index in [1.165, 1.54) is 0 Å². The van der Waals surface area contributed by atoms with Crippen LogP contribution in [0.3, 0.4) is 0 Å². The van der Waals surface area contributed by atoms with Gasteiger partial charge in [0.1, 0.15) is 0 Å². The Morgan fingerprint density at radius 2 is 1.91 bits per heavy atom. The van der Waals surface area contributed by atoms with E-state index in [2.05, 4.69) is 15.3 Å². The first-order chi connectivity index (χ1) is 16.0. The number of aryl methyl sites for hydroxylation is 1. The molecule has 0 spiro atoms. The Balaban J connectivity index is 1.41. The van der Waals surface area contributed by atoms with Gasteiger partial charge in [0.05, 0.1) is 23.8 Å². The lowest BCUT2D eigenvalue weighted by atomic mass is 10.1. The van der Waals surface area contributed by atoms with E-state index in [0.29, 0.717) is 43.1 Å². The number of aromatic nitrogens is 2. The summed E-state index contributed by atoms with van der Waals surface area (Å²) in [4.78, 5) is 50.5. The average Bonchev–Trinajstić information content (AvgIpc) is 3.23. The number of nitrogens with one attached hydrogen (secondary N) is 1. The zero-order valence-corrected chi connectivity index (χ0v) is 19.1. The summed E-state index contributed by atoms with van der Waals surface area (Å²) < 4.78 is 0. The Bertz CT molecular complexity index is 1010. The molecule has 2 saturated heterocycles. The third-order valence-electron chi connectivity index (χ3n) is 6.41. The molecule has 1 aromatic carbocycles. The summed E-state index contributed by atoms with van der Waals surface area (Å²) in [6, 6.07) is 9.49. The Labute approximate surface area is 194 Å². The van der Waals surface area contributed by atoms with Crippen LogP contribution in [0.2, 0.25) is 0 Å². The standard InChI is InChI=1S/C25H31N5O3/c1-18-20(25(33)27-15-19-9-4-2-5-10-19)16-26-24(28-18)21-11-8-14-30(21)23(32)17-29-13-7-3-6-12-22(29)31/h2,4-5,9-10,16,21H,3,6-8,11-15,17H2,1H3,(H,27,33)/t21-/m0/s1. The van der Waals surface area contributed by atoms with Gasteiger partial charge in [-0.1, -0.05) is 36.8 Å². The molecular formula is C25H31N5O3. The fraction of sp³-hybridized carbons (Fsp3) is 0.480. The molecule has 8 nitrogen and oxygen atoms in total. The molecule has 33 heavy (non-hydrogen) atoms. The van der Waals surface area contributed by atoms with Gasteiger partial charge >= 0.3 is 0 Å². The van der Waals surface area contributed by atoms with Gasteiger partial charge < -0.3 is 15.1 Å². The Hall–Kier alpha value is -3.29. The largest absolute Gasteiger partial charge is 0.348 e. The lowest BCUT2D eigenvalue weighted by Crippen LogP contribution is -2.42. The van der Waals surface area contributed by atoms with Crippen LogP contribution < -0.4 is 5.32 Å². The topological polar surface area (TPSA) is 95.5 Å². The highest BCUT2D eigenvalue weighted by Crippen LogP contribution is 2.30. The summed E-state index contributed by atoms with van der Waals surface area (Å²) in [6.45, 7) is 3.62. The molecule has 3 heterocycles. The molecule has 2 aromatic rings. The lowest BCUT2D eigenvalue weighted by Gasteiger charge is -2.27. The second-order valence-electron chi connectivity index (χ2n) is 8.77. The van der Waals surface area contributed by atoms with Crippen molar-refractivity contribution in [3.8, 4) is 0 Å². The van der Waals surface area contributed by atoms with E-state index in [-0.39, 0.29) is 30.3 Å². The zero-order chi connectivity index (χ0) is 23.2. The molecule has 0 aliphatic carbocycles. The van der Waals surface area contributed by atoms with Crippen molar-refractivity contribution < 1.29 is 14.4 Å². The number of hydrogen-bond donors (Lipinski definition) is 1. The SMILES string of the molecule is Cc1nc([C@@H]2CCCN2C(=O)CN2CCCCCC2=O)ncc1C(=O)NCc1ccccc1. The molecule has 4 rings (SSSR count). The molecule has 1 N–H and O–H groups in total. The number of amides is 3. The molecule has 0 bridgehead atoms. The maximum absolute atomic E-state index is 13.0. The molecule has 3 amide bonds.